The number of imidazole rings is 1. The molecule has 0 aliphatic carbocycles. The van der Waals surface area contributed by atoms with E-state index in [2.05, 4.69) is 23.8 Å². The molecule has 5 nitrogen and oxygen atoms in total. The molecule has 3 aromatic rings. The molecule has 116 valence electrons. The average Bonchev–Trinajstić information content (AvgIpc) is 3.18. The number of fused-ring (bicyclic) bond motifs is 1. The summed E-state index contributed by atoms with van der Waals surface area (Å²) < 4.78 is 1.88. The molecule has 0 N–H and O–H groups in total. The summed E-state index contributed by atoms with van der Waals surface area (Å²) in [4.78, 5) is 26.0. The second kappa shape index (κ2) is 5.81. The van der Waals surface area contributed by atoms with Crippen molar-refractivity contribution in [1.82, 2.24) is 19.3 Å². The van der Waals surface area contributed by atoms with Gasteiger partial charge in [0.25, 0.3) is 5.91 Å². The van der Waals surface area contributed by atoms with Gasteiger partial charge in [0, 0.05) is 30.5 Å². The fourth-order valence-corrected chi connectivity index (χ4v) is 4.39. The topological polar surface area (TPSA) is 50.5 Å². The predicted molar refractivity (Wildman–Crippen MR) is 89.8 cm³/mol. The third kappa shape index (κ3) is 2.55. The quantitative estimate of drug-likeness (QED) is 0.733. The van der Waals surface area contributed by atoms with E-state index in [0.717, 1.165) is 27.0 Å². The first-order valence-corrected chi connectivity index (χ1v) is 8.80. The Balaban J connectivity index is 1.85. The minimum Gasteiger partial charge on any atom is -0.333 e. The van der Waals surface area contributed by atoms with E-state index in [1.807, 2.05) is 30.8 Å². The molecule has 3 aromatic heterocycles. The van der Waals surface area contributed by atoms with Gasteiger partial charge in [-0.1, -0.05) is 18.3 Å². The van der Waals surface area contributed by atoms with Crippen LogP contribution in [0.4, 0.5) is 0 Å². The smallest absolute Gasteiger partial charge is 0.265 e. The molecule has 1 atom stereocenters. The molecule has 0 aromatic carbocycles. The number of rotatable bonds is 4. The maximum atomic E-state index is 12.7. The lowest BCUT2D eigenvalue weighted by Crippen LogP contribution is -2.29. The summed E-state index contributed by atoms with van der Waals surface area (Å²) in [7, 11) is 1.85. The molecule has 3 heterocycles. The molecule has 3 rings (SSSR count). The summed E-state index contributed by atoms with van der Waals surface area (Å²) in [5.41, 5.74) is 1.02. The van der Waals surface area contributed by atoms with Gasteiger partial charge in [-0.3, -0.25) is 9.20 Å². The highest BCUT2D eigenvalue weighted by molar-refractivity contribution is 7.18. The number of carbonyl (C=O) groups excluding carboxylic acids is 1. The Labute approximate surface area is 137 Å². The van der Waals surface area contributed by atoms with Crippen molar-refractivity contribution in [3.05, 3.63) is 39.0 Å². The number of hydrogen-bond acceptors (Lipinski definition) is 5. The van der Waals surface area contributed by atoms with Crippen molar-refractivity contribution in [2.45, 2.75) is 33.2 Å². The van der Waals surface area contributed by atoms with E-state index in [9.17, 15) is 4.79 Å². The second-order valence-electron chi connectivity index (χ2n) is 5.22. The maximum absolute atomic E-state index is 12.7. The maximum Gasteiger partial charge on any atom is 0.265 e. The molecule has 7 heteroatoms. The monoisotopic (exact) mass is 334 g/mol. The number of carbonyl (C=O) groups is 1. The normalized spacial score (nSPS) is 12.7. The zero-order valence-corrected chi connectivity index (χ0v) is 14.7. The van der Waals surface area contributed by atoms with Gasteiger partial charge >= 0.3 is 0 Å². The highest BCUT2D eigenvalue weighted by Gasteiger charge is 2.24. The van der Waals surface area contributed by atoms with E-state index < -0.39 is 0 Å². The summed E-state index contributed by atoms with van der Waals surface area (Å²) in [6, 6.07) is 0.0136. The van der Waals surface area contributed by atoms with Crippen LogP contribution in [0.25, 0.3) is 4.96 Å². The highest BCUT2D eigenvalue weighted by atomic mass is 32.1. The molecule has 22 heavy (non-hydrogen) atoms. The molecule has 1 unspecified atom stereocenters. The SMILES string of the molecule is CCc1nc(C)c(C(C)N(C)C(=O)c2cn3ccnc3s2)s1. The first-order valence-electron chi connectivity index (χ1n) is 7.17. The minimum absolute atomic E-state index is 0.0136. The average molecular weight is 334 g/mol. The lowest BCUT2D eigenvalue weighted by molar-refractivity contribution is 0.0749. The van der Waals surface area contributed by atoms with E-state index in [0.29, 0.717) is 4.88 Å². The van der Waals surface area contributed by atoms with E-state index in [1.165, 1.54) is 11.3 Å². The van der Waals surface area contributed by atoms with Crippen LogP contribution in [-0.4, -0.2) is 32.2 Å². The molecule has 0 fully saturated rings. The van der Waals surface area contributed by atoms with Crippen molar-refractivity contribution in [2.75, 3.05) is 7.05 Å². The van der Waals surface area contributed by atoms with Crippen molar-refractivity contribution >= 4 is 33.5 Å². The van der Waals surface area contributed by atoms with E-state index in [1.54, 1.807) is 22.4 Å². The van der Waals surface area contributed by atoms with Crippen molar-refractivity contribution in [3.63, 3.8) is 0 Å². The number of thiazole rings is 2. The Morgan fingerprint density at radius 1 is 1.45 bits per heavy atom. The first kappa shape index (κ1) is 15.2. The van der Waals surface area contributed by atoms with Gasteiger partial charge in [-0.25, -0.2) is 9.97 Å². The summed E-state index contributed by atoms with van der Waals surface area (Å²) in [6.45, 7) is 6.17. The van der Waals surface area contributed by atoms with Crippen LogP contribution in [-0.2, 0) is 6.42 Å². The molecule has 0 aliphatic rings. The standard InChI is InChI=1S/C15H18N4OS2/c1-5-12-17-9(2)13(22-12)10(3)18(4)14(20)11-8-19-7-6-16-15(19)21-11/h6-8,10H,5H2,1-4H3. The van der Waals surface area contributed by atoms with Gasteiger partial charge in [0.2, 0.25) is 0 Å². The number of hydrogen-bond donors (Lipinski definition) is 0. The van der Waals surface area contributed by atoms with Crippen molar-refractivity contribution < 1.29 is 4.79 Å². The summed E-state index contributed by atoms with van der Waals surface area (Å²) in [5.74, 6) is 0.0221. The van der Waals surface area contributed by atoms with Gasteiger partial charge in [0.15, 0.2) is 4.96 Å². The molecular formula is C15H18N4OS2. The number of aryl methyl sites for hydroxylation is 2. The lowest BCUT2D eigenvalue weighted by Gasteiger charge is -2.23. The van der Waals surface area contributed by atoms with Crippen molar-refractivity contribution in [1.29, 1.82) is 0 Å². The van der Waals surface area contributed by atoms with E-state index in [-0.39, 0.29) is 11.9 Å². The largest absolute Gasteiger partial charge is 0.333 e. The van der Waals surface area contributed by atoms with Crippen LogP contribution in [0.1, 0.15) is 45.1 Å². The zero-order valence-electron chi connectivity index (χ0n) is 13.0. The summed E-state index contributed by atoms with van der Waals surface area (Å²) in [5, 5.41) is 1.12. The minimum atomic E-state index is 0.0136. The van der Waals surface area contributed by atoms with Crippen LogP contribution in [0.3, 0.4) is 0 Å². The van der Waals surface area contributed by atoms with Crippen molar-refractivity contribution in [3.8, 4) is 0 Å². The Morgan fingerprint density at radius 3 is 2.86 bits per heavy atom. The number of amides is 1. The number of nitrogens with zero attached hydrogens (tertiary/aromatic N) is 4. The van der Waals surface area contributed by atoms with Crippen LogP contribution in [0.15, 0.2) is 18.6 Å². The van der Waals surface area contributed by atoms with Crippen LogP contribution in [0.2, 0.25) is 0 Å². The Morgan fingerprint density at radius 2 is 2.23 bits per heavy atom. The van der Waals surface area contributed by atoms with E-state index in [4.69, 9.17) is 0 Å². The Bertz CT molecular complexity index is 788. The first-order chi connectivity index (χ1) is 10.5. The zero-order chi connectivity index (χ0) is 15.9. The molecule has 1 amide bonds. The molecule has 0 bridgehead atoms. The molecule has 0 spiro atoms. The third-order valence-corrected chi connectivity index (χ3v) is 6.23. The van der Waals surface area contributed by atoms with Gasteiger partial charge in [0.1, 0.15) is 4.88 Å². The molecular weight excluding hydrogens is 316 g/mol. The second-order valence-corrected chi connectivity index (χ2v) is 7.34. The Hall–Kier alpha value is -1.73. The van der Waals surface area contributed by atoms with Crippen LogP contribution in [0, 0.1) is 6.92 Å². The predicted octanol–water partition coefficient (Wildman–Crippen LogP) is 3.56. The van der Waals surface area contributed by atoms with Crippen LogP contribution in [0.5, 0.6) is 0 Å². The van der Waals surface area contributed by atoms with Gasteiger partial charge in [-0.15, -0.1) is 11.3 Å². The van der Waals surface area contributed by atoms with Gasteiger partial charge in [0.05, 0.1) is 16.7 Å². The van der Waals surface area contributed by atoms with Gasteiger partial charge in [-0.05, 0) is 20.3 Å². The third-order valence-electron chi connectivity index (χ3n) is 3.76. The molecule has 0 radical (unpaired) electrons. The fraction of sp³-hybridized carbons (Fsp3) is 0.400. The molecule has 0 saturated heterocycles. The number of aromatic nitrogens is 3. The van der Waals surface area contributed by atoms with E-state index >= 15 is 0 Å². The fourth-order valence-electron chi connectivity index (χ4n) is 2.36. The molecule has 0 aliphatic heterocycles. The Kier molecular flexibility index (Phi) is 4.01. The van der Waals surface area contributed by atoms with Crippen LogP contribution >= 0.6 is 22.7 Å². The van der Waals surface area contributed by atoms with Crippen LogP contribution < -0.4 is 0 Å². The molecule has 0 saturated carbocycles. The van der Waals surface area contributed by atoms with Gasteiger partial charge in [-0.2, -0.15) is 0 Å². The lowest BCUT2D eigenvalue weighted by atomic mass is 10.2. The van der Waals surface area contributed by atoms with Crippen molar-refractivity contribution in [2.24, 2.45) is 0 Å². The summed E-state index contributed by atoms with van der Waals surface area (Å²) in [6.07, 6.45) is 6.36. The van der Waals surface area contributed by atoms with Gasteiger partial charge < -0.3 is 4.90 Å². The highest BCUT2D eigenvalue weighted by Crippen LogP contribution is 2.30. The summed E-state index contributed by atoms with van der Waals surface area (Å²) >= 11 is 3.11.